The van der Waals surface area contributed by atoms with Crippen molar-refractivity contribution in [3.05, 3.63) is 114 Å². The number of hydrogen-bond acceptors (Lipinski definition) is 4. The number of nitrogens with zero attached hydrogens (tertiary/aromatic N) is 3. The van der Waals surface area contributed by atoms with Crippen molar-refractivity contribution in [3.63, 3.8) is 0 Å². The van der Waals surface area contributed by atoms with Crippen molar-refractivity contribution in [3.8, 4) is 34.2 Å². The van der Waals surface area contributed by atoms with Gasteiger partial charge in [-0.1, -0.05) is 96.5 Å². The first-order valence-electron chi connectivity index (χ1n) is 11.7. The minimum Gasteiger partial charge on any atom is -0.208 e. The highest BCUT2D eigenvalue weighted by Crippen LogP contribution is 2.40. The largest absolute Gasteiger partial charge is 0.208 e. The fourth-order valence-electron chi connectivity index (χ4n) is 4.75. The maximum atomic E-state index is 6.53. The van der Waals surface area contributed by atoms with Crippen LogP contribution in [-0.4, -0.2) is 15.0 Å². The zero-order valence-corrected chi connectivity index (χ0v) is 20.6. The Balaban J connectivity index is 1.55. The van der Waals surface area contributed by atoms with Gasteiger partial charge < -0.3 is 0 Å². The van der Waals surface area contributed by atoms with Crippen LogP contribution in [0.4, 0.5) is 0 Å². The SMILES string of the molecule is Clc1ccc(-c2nc(-c3ccccc3)nc(-c3cccc4sc5ccccc5c34)n2)c2ccccc12. The van der Waals surface area contributed by atoms with Gasteiger partial charge in [-0.05, 0) is 29.7 Å². The first-order chi connectivity index (χ1) is 17.8. The van der Waals surface area contributed by atoms with Crippen LogP contribution in [0.2, 0.25) is 5.02 Å². The Morgan fingerprint density at radius 1 is 0.472 bits per heavy atom. The lowest BCUT2D eigenvalue weighted by molar-refractivity contribution is 1.08. The van der Waals surface area contributed by atoms with Crippen molar-refractivity contribution < 1.29 is 0 Å². The normalized spacial score (nSPS) is 11.5. The van der Waals surface area contributed by atoms with Gasteiger partial charge >= 0.3 is 0 Å². The Bertz CT molecular complexity index is 1910. The van der Waals surface area contributed by atoms with E-state index in [1.165, 1.54) is 20.2 Å². The molecule has 0 amide bonds. The highest BCUT2D eigenvalue weighted by atomic mass is 35.5. The van der Waals surface area contributed by atoms with Gasteiger partial charge in [0.1, 0.15) is 0 Å². The molecule has 0 aliphatic heterocycles. The first kappa shape index (κ1) is 21.2. The van der Waals surface area contributed by atoms with E-state index >= 15 is 0 Å². The number of halogens is 1. The average Bonchev–Trinajstić information content (AvgIpc) is 3.33. The van der Waals surface area contributed by atoms with Crippen molar-refractivity contribution in [2.75, 3.05) is 0 Å². The lowest BCUT2D eigenvalue weighted by atomic mass is 10.0. The summed E-state index contributed by atoms with van der Waals surface area (Å²) in [5.74, 6) is 1.93. The maximum absolute atomic E-state index is 6.53. The number of fused-ring (bicyclic) bond motifs is 4. The molecule has 7 rings (SSSR count). The summed E-state index contributed by atoms with van der Waals surface area (Å²) in [7, 11) is 0. The van der Waals surface area contributed by atoms with E-state index in [0.29, 0.717) is 22.5 Å². The van der Waals surface area contributed by atoms with E-state index in [1.807, 2.05) is 60.7 Å². The molecule has 0 saturated heterocycles. The van der Waals surface area contributed by atoms with Gasteiger partial charge in [0.05, 0.1) is 0 Å². The molecule has 0 atom stereocenters. The van der Waals surface area contributed by atoms with E-state index in [2.05, 4.69) is 48.5 Å². The third-order valence-corrected chi connectivity index (χ3v) is 7.89. The maximum Gasteiger partial charge on any atom is 0.164 e. The predicted octanol–water partition coefficient (Wildman–Crippen LogP) is 9.05. The van der Waals surface area contributed by atoms with Crippen LogP contribution in [0.1, 0.15) is 0 Å². The van der Waals surface area contributed by atoms with E-state index in [9.17, 15) is 0 Å². The summed E-state index contributed by atoms with van der Waals surface area (Å²) in [4.78, 5) is 15.0. The van der Waals surface area contributed by atoms with Crippen LogP contribution in [0.5, 0.6) is 0 Å². The van der Waals surface area contributed by atoms with Crippen molar-refractivity contribution in [1.82, 2.24) is 15.0 Å². The average molecular weight is 500 g/mol. The third kappa shape index (κ3) is 3.46. The quantitative estimate of drug-likeness (QED) is 0.243. The zero-order chi connectivity index (χ0) is 24.1. The van der Waals surface area contributed by atoms with Crippen molar-refractivity contribution in [2.45, 2.75) is 0 Å². The van der Waals surface area contributed by atoms with Gasteiger partial charge in [0.2, 0.25) is 0 Å². The summed E-state index contributed by atoms with van der Waals surface area (Å²) in [6.45, 7) is 0. The second-order valence-corrected chi connectivity index (χ2v) is 10.1. The second-order valence-electron chi connectivity index (χ2n) is 8.59. The molecule has 0 bridgehead atoms. The minimum atomic E-state index is 0.628. The van der Waals surface area contributed by atoms with Gasteiger partial charge in [-0.3, -0.25) is 0 Å². The topological polar surface area (TPSA) is 38.7 Å². The summed E-state index contributed by atoms with van der Waals surface area (Å²) in [6.07, 6.45) is 0. The zero-order valence-electron chi connectivity index (χ0n) is 19.0. The molecule has 0 unspecified atom stereocenters. The van der Waals surface area contributed by atoms with Gasteiger partial charge in [0.15, 0.2) is 17.5 Å². The number of thiophene rings is 1. The molecule has 0 spiro atoms. The smallest absolute Gasteiger partial charge is 0.164 e. The molecular weight excluding hydrogens is 482 g/mol. The van der Waals surface area contributed by atoms with E-state index in [-0.39, 0.29) is 0 Å². The minimum absolute atomic E-state index is 0.628. The lowest BCUT2D eigenvalue weighted by Gasteiger charge is -2.11. The van der Waals surface area contributed by atoms with E-state index < -0.39 is 0 Å². The van der Waals surface area contributed by atoms with Gasteiger partial charge in [-0.15, -0.1) is 11.3 Å². The Morgan fingerprint density at radius 2 is 1.11 bits per heavy atom. The highest BCUT2D eigenvalue weighted by molar-refractivity contribution is 7.25. The molecule has 7 aromatic rings. The summed E-state index contributed by atoms with van der Waals surface area (Å²) >= 11 is 8.32. The molecule has 5 heteroatoms. The Morgan fingerprint density at radius 3 is 1.94 bits per heavy atom. The monoisotopic (exact) mass is 499 g/mol. The number of rotatable bonds is 3. The molecule has 0 N–H and O–H groups in total. The van der Waals surface area contributed by atoms with Gasteiger partial charge in [-0.2, -0.15) is 0 Å². The molecule has 36 heavy (non-hydrogen) atoms. The van der Waals surface area contributed by atoms with E-state index in [4.69, 9.17) is 26.6 Å². The van der Waals surface area contributed by atoms with Crippen molar-refractivity contribution in [2.24, 2.45) is 0 Å². The molecule has 170 valence electrons. The summed E-state index contributed by atoms with van der Waals surface area (Å²) in [5, 5.41) is 5.09. The summed E-state index contributed by atoms with van der Waals surface area (Å²) < 4.78 is 2.47. The van der Waals surface area contributed by atoms with Crippen LogP contribution in [0.15, 0.2) is 109 Å². The van der Waals surface area contributed by atoms with Crippen LogP contribution in [0.3, 0.4) is 0 Å². The molecular formula is C31H18ClN3S. The van der Waals surface area contributed by atoms with E-state index in [1.54, 1.807) is 11.3 Å². The van der Waals surface area contributed by atoms with Gasteiger partial charge in [-0.25, -0.2) is 15.0 Å². The Labute approximate surface area is 216 Å². The van der Waals surface area contributed by atoms with Gasteiger partial charge in [0, 0.05) is 47.3 Å². The Kier molecular flexibility index (Phi) is 5.01. The van der Waals surface area contributed by atoms with Crippen LogP contribution in [0.25, 0.3) is 65.1 Å². The lowest BCUT2D eigenvalue weighted by Crippen LogP contribution is -2.00. The molecule has 2 heterocycles. The molecule has 0 aliphatic carbocycles. The molecule has 0 saturated carbocycles. The van der Waals surface area contributed by atoms with Crippen molar-refractivity contribution in [1.29, 1.82) is 0 Å². The standard InChI is InChI=1S/C31H18ClN3S/c32-25-18-17-22(20-11-4-5-12-21(20)25)30-33-29(19-9-2-1-3-10-19)34-31(35-30)24-14-8-16-27-28(24)23-13-6-7-15-26(23)36-27/h1-18H. The second kappa shape index (κ2) is 8.52. The van der Waals surface area contributed by atoms with Crippen LogP contribution in [-0.2, 0) is 0 Å². The highest BCUT2D eigenvalue weighted by Gasteiger charge is 2.18. The van der Waals surface area contributed by atoms with Crippen LogP contribution >= 0.6 is 22.9 Å². The molecule has 5 aromatic carbocycles. The Hall–Kier alpha value is -4.12. The number of benzene rings is 5. The molecule has 3 nitrogen and oxygen atoms in total. The number of aromatic nitrogens is 3. The molecule has 0 aliphatic rings. The van der Waals surface area contributed by atoms with Crippen LogP contribution < -0.4 is 0 Å². The van der Waals surface area contributed by atoms with Crippen molar-refractivity contribution >= 4 is 53.9 Å². The molecule has 2 aromatic heterocycles. The predicted molar refractivity (Wildman–Crippen MR) is 152 cm³/mol. The fourth-order valence-corrected chi connectivity index (χ4v) is 6.11. The summed E-state index contributed by atoms with van der Waals surface area (Å²) in [5.41, 5.74) is 2.88. The van der Waals surface area contributed by atoms with Crippen LogP contribution in [0, 0.1) is 0 Å². The third-order valence-electron chi connectivity index (χ3n) is 6.42. The number of hydrogen-bond donors (Lipinski definition) is 0. The molecule has 0 radical (unpaired) electrons. The van der Waals surface area contributed by atoms with Gasteiger partial charge in [0.25, 0.3) is 0 Å². The van der Waals surface area contributed by atoms with E-state index in [0.717, 1.165) is 27.5 Å². The first-order valence-corrected chi connectivity index (χ1v) is 12.9. The molecule has 0 fully saturated rings. The fraction of sp³-hybridized carbons (Fsp3) is 0. The summed E-state index contributed by atoms with van der Waals surface area (Å²) in [6, 6.07) is 36.9.